The summed E-state index contributed by atoms with van der Waals surface area (Å²) in [5, 5.41) is 0. The van der Waals surface area contributed by atoms with E-state index in [0.29, 0.717) is 16.9 Å². The van der Waals surface area contributed by atoms with E-state index in [0.717, 1.165) is 24.8 Å². The van der Waals surface area contributed by atoms with Crippen LogP contribution in [0.4, 0.5) is 13.2 Å². The summed E-state index contributed by atoms with van der Waals surface area (Å²) >= 11 is -0.0244. The highest BCUT2D eigenvalue weighted by molar-refractivity contribution is 8.00. The summed E-state index contributed by atoms with van der Waals surface area (Å²) < 4.78 is 37.3. The molecule has 1 aliphatic rings. The summed E-state index contributed by atoms with van der Waals surface area (Å²) in [6.45, 7) is 0. The first-order valence-electron chi connectivity index (χ1n) is 6.87. The lowest BCUT2D eigenvalue weighted by Gasteiger charge is -2.33. The molecule has 2 rings (SSSR count). The van der Waals surface area contributed by atoms with E-state index in [1.54, 1.807) is 12.1 Å². The van der Waals surface area contributed by atoms with Crippen LogP contribution in [0.25, 0.3) is 0 Å². The number of benzene rings is 1. The van der Waals surface area contributed by atoms with E-state index in [1.807, 2.05) is 6.07 Å². The Labute approximate surface area is 122 Å². The average molecular weight is 303 g/mol. The van der Waals surface area contributed by atoms with Gasteiger partial charge in [-0.1, -0.05) is 18.6 Å². The molecule has 5 heteroatoms. The van der Waals surface area contributed by atoms with Crippen molar-refractivity contribution < 1.29 is 13.2 Å². The van der Waals surface area contributed by atoms with E-state index in [1.165, 1.54) is 12.5 Å². The third-order valence-electron chi connectivity index (χ3n) is 3.94. The van der Waals surface area contributed by atoms with E-state index < -0.39 is 5.51 Å². The molecule has 0 N–H and O–H groups in total. The van der Waals surface area contributed by atoms with Crippen LogP contribution in [0.3, 0.4) is 0 Å². The number of nitrogens with zero attached hydrogens (tertiary/aromatic N) is 1. The fourth-order valence-electron chi connectivity index (χ4n) is 2.90. The van der Waals surface area contributed by atoms with Crippen molar-refractivity contribution in [1.82, 2.24) is 4.90 Å². The zero-order valence-corrected chi connectivity index (χ0v) is 12.6. The van der Waals surface area contributed by atoms with Gasteiger partial charge in [-0.05, 0) is 68.7 Å². The Morgan fingerprint density at radius 3 is 2.60 bits per heavy atom. The first-order valence-corrected chi connectivity index (χ1v) is 7.69. The third-order valence-corrected chi connectivity index (χ3v) is 4.66. The summed E-state index contributed by atoms with van der Waals surface area (Å²) in [5.41, 5.74) is -3.16. The molecule has 0 aromatic heterocycles. The summed E-state index contributed by atoms with van der Waals surface area (Å²) in [6.07, 6.45) is 4.43. The average Bonchev–Trinajstić information content (AvgIpc) is 2.37. The zero-order chi connectivity index (χ0) is 14.8. The van der Waals surface area contributed by atoms with Crippen LogP contribution in [-0.2, 0) is 0 Å². The molecule has 1 aliphatic carbocycles. The minimum absolute atomic E-state index is 0.0244. The SMILES string of the molecule is CN(C)C1CCCC(c2cccc(SC(F)(F)F)c2)C1. The van der Waals surface area contributed by atoms with Crippen LogP contribution in [-0.4, -0.2) is 30.5 Å². The first kappa shape index (κ1) is 15.7. The Morgan fingerprint density at radius 1 is 1.20 bits per heavy atom. The van der Waals surface area contributed by atoms with Gasteiger partial charge in [-0.3, -0.25) is 0 Å². The molecule has 0 bridgehead atoms. The third kappa shape index (κ3) is 4.42. The van der Waals surface area contributed by atoms with Crippen LogP contribution in [0, 0.1) is 0 Å². The molecule has 1 saturated carbocycles. The predicted octanol–water partition coefficient (Wildman–Crippen LogP) is 4.89. The number of halogens is 3. The van der Waals surface area contributed by atoms with Crippen LogP contribution in [0.5, 0.6) is 0 Å². The van der Waals surface area contributed by atoms with Gasteiger partial charge in [-0.15, -0.1) is 0 Å². The quantitative estimate of drug-likeness (QED) is 0.732. The molecule has 112 valence electrons. The van der Waals surface area contributed by atoms with Crippen molar-refractivity contribution in [2.24, 2.45) is 0 Å². The van der Waals surface area contributed by atoms with Crippen LogP contribution in [0.1, 0.15) is 37.2 Å². The Kier molecular flexibility index (Phi) is 5.02. The fraction of sp³-hybridized carbons (Fsp3) is 0.600. The number of rotatable bonds is 3. The Balaban J connectivity index is 2.10. The maximum atomic E-state index is 12.4. The molecule has 0 saturated heterocycles. The van der Waals surface area contributed by atoms with Crippen molar-refractivity contribution in [3.63, 3.8) is 0 Å². The highest BCUT2D eigenvalue weighted by Gasteiger charge is 2.30. The van der Waals surface area contributed by atoms with Crippen LogP contribution in [0.15, 0.2) is 29.2 Å². The molecule has 1 fully saturated rings. The molecule has 0 radical (unpaired) electrons. The topological polar surface area (TPSA) is 3.24 Å². The minimum Gasteiger partial charge on any atom is -0.306 e. The molecule has 1 aromatic carbocycles. The number of hydrogen-bond acceptors (Lipinski definition) is 2. The van der Waals surface area contributed by atoms with Gasteiger partial charge in [-0.2, -0.15) is 13.2 Å². The second-order valence-electron chi connectivity index (χ2n) is 5.60. The highest BCUT2D eigenvalue weighted by Crippen LogP contribution is 2.40. The second kappa shape index (κ2) is 6.39. The van der Waals surface area contributed by atoms with E-state index >= 15 is 0 Å². The van der Waals surface area contributed by atoms with Crippen LogP contribution >= 0.6 is 11.8 Å². The maximum absolute atomic E-state index is 12.4. The summed E-state index contributed by atoms with van der Waals surface area (Å²) in [4.78, 5) is 2.52. The van der Waals surface area contributed by atoms with Gasteiger partial charge in [0.15, 0.2) is 0 Å². The number of alkyl halides is 3. The molecule has 20 heavy (non-hydrogen) atoms. The van der Waals surface area contributed by atoms with Gasteiger partial charge >= 0.3 is 5.51 Å². The van der Waals surface area contributed by atoms with Gasteiger partial charge in [-0.25, -0.2) is 0 Å². The molecule has 0 aliphatic heterocycles. The maximum Gasteiger partial charge on any atom is 0.446 e. The van der Waals surface area contributed by atoms with Crippen molar-refractivity contribution in [2.75, 3.05) is 14.1 Å². The predicted molar refractivity (Wildman–Crippen MR) is 77.0 cm³/mol. The van der Waals surface area contributed by atoms with Gasteiger partial charge in [0.25, 0.3) is 0 Å². The number of hydrogen-bond donors (Lipinski definition) is 0. The second-order valence-corrected chi connectivity index (χ2v) is 6.74. The molecular formula is C15H20F3NS. The van der Waals surface area contributed by atoms with Crippen molar-refractivity contribution in [2.45, 2.75) is 48.0 Å². The van der Waals surface area contributed by atoms with Gasteiger partial charge in [0.2, 0.25) is 0 Å². The summed E-state index contributed by atoms with van der Waals surface area (Å²) in [6, 6.07) is 7.48. The fourth-order valence-corrected chi connectivity index (χ4v) is 3.51. The first-order chi connectivity index (χ1) is 9.35. The van der Waals surface area contributed by atoms with Crippen LogP contribution < -0.4 is 0 Å². The van der Waals surface area contributed by atoms with Gasteiger partial charge in [0.1, 0.15) is 0 Å². The smallest absolute Gasteiger partial charge is 0.306 e. The molecule has 0 spiro atoms. The molecule has 2 atom stereocenters. The summed E-state index contributed by atoms with van der Waals surface area (Å²) in [5.74, 6) is 0.380. The van der Waals surface area contributed by atoms with Crippen LogP contribution in [0.2, 0.25) is 0 Å². The Hall–Kier alpha value is -0.680. The molecule has 0 amide bonds. The largest absolute Gasteiger partial charge is 0.446 e. The highest BCUT2D eigenvalue weighted by atomic mass is 32.2. The van der Waals surface area contributed by atoms with Crippen molar-refractivity contribution in [3.05, 3.63) is 29.8 Å². The zero-order valence-electron chi connectivity index (χ0n) is 11.8. The Morgan fingerprint density at radius 2 is 1.95 bits per heavy atom. The van der Waals surface area contributed by atoms with E-state index in [4.69, 9.17) is 0 Å². The lowest BCUT2D eigenvalue weighted by atomic mass is 9.81. The molecule has 0 heterocycles. The monoisotopic (exact) mass is 303 g/mol. The molecular weight excluding hydrogens is 283 g/mol. The number of thioether (sulfide) groups is 1. The van der Waals surface area contributed by atoms with Gasteiger partial charge < -0.3 is 4.90 Å². The van der Waals surface area contributed by atoms with Crippen molar-refractivity contribution in [3.8, 4) is 0 Å². The van der Waals surface area contributed by atoms with E-state index in [9.17, 15) is 13.2 Å². The van der Waals surface area contributed by atoms with Gasteiger partial charge in [0, 0.05) is 10.9 Å². The van der Waals surface area contributed by atoms with E-state index in [2.05, 4.69) is 19.0 Å². The van der Waals surface area contributed by atoms with E-state index in [-0.39, 0.29) is 11.8 Å². The standard InChI is InChI=1S/C15H20F3NS/c1-19(2)13-7-3-5-11(9-13)12-6-4-8-14(10-12)20-15(16,17)18/h4,6,8,10-11,13H,3,5,7,9H2,1-2H3. The lowest BCUT2D eigenvalue weighted by molar-refractivity contribution is -0.0328. The van der Waals surface area contributed by atoms with Crippen molar-refractivity contribution >= 4 is 11.8 Å². The molecule has 1 nitrogen and oxygen atoms in total. The Bertz CT molecular complexity index is 445. The minimum atomic E-state index is -4.21. The molecule has 1 aromatic rings. The lowest BCUT2D eigenvalue weighted by Crippen LogP contribution is -2.32. The van der Waals surface area contributed by atoms with Crippen molar-refractivity contribution in [1.29, 1.82) is 0 Å². The van der Waals surface area contributed by atoms with Gasteiger partial charge in [0.05, 0.1) is 0 Å². The normalized spacial score (nSPS) is 24.1. The summed E-state index contributed by atoms with van der Waals surface area (Å²) in [7, 11) is 4.14. The molecule has 2 unspecified atom stereocenters.